The molecule has 2 N–H and O–H groups in total. The van der Waals surface area contributed by atoms with Crippen molar-refractivity contribution in [3.8, 4) is 0 Å². The highest BCUT2D eigenvalue weighted by Gasteiger charge is 2.25. The third-order valence-corrected chi connectivity index (χ3v) is 4.22. The first-order chi connectivity index (χ1) is 9.58. The van der Waals surface area contributed by atoms with E-state index in [4.69, 9.17) is 10.5 Å². The number of nitrogens with two attached hydrogens (primary N) is 1. The molecule has 0 spiro atoms. The van der Waals surface area contributed by atoms with Crippen LogP contribution in [0, 0.1) is 5.92 Å². The Morgan fingerprint density at radius 1 is 1.50 bits per heavy atom. The predicted molar refractivity (Wildman–Crippen MR) is 83.7 cm³/mol. The molecule has 110 valence electrons. The lowest BCUT2D eigenvalue weighted by molar-refractivity contribution is -0.140. The van der Waals surface area contributed by atoms with Crippen molar-refractivity contribution in [2.45, 2.75) is 25.3 Å². The molecule has 0 bridgehead atoms. The van der Waals surface area contributed by atoms with Crippen LogP contribution in [-0.2, 0) is 9.53 Å². The van der Waals surface area contributed by atoms with Crippen molar-refractivity contribution in [3.63, 3.8) is 0 Å². The zero-order valence-electron chi connectivity index (χ0n) is 11.7. The lowest BCUT2D eigenvalue weighted by Gasteiger charge is -2.38. The van der Waals surface area contributed by atoms with Crippen molar-refractivity contribution in [2.24, 2.45) is 11.7 Å². The van der Waals surface area contributed by atoms with Gasteiger partial charge in [0.2, 0.25) is 0 Å². The van der Waals surface area contributed by atoms with Crippen LogP contribution in [0.4, 0.5) is 5.69 Å². The van der Waals surface area contributed by atoms with E-state index in [1.807, 2.05) is 12.1 Å². The molecule has 0 amide bonds. The van der Waals surface area contributed by atoms with E-state index < -0.39 is 0 Å². The maximum absolute atomic E-state index is 11.3. The summed E-state index contributed by atoms with van der Waals surface area (Å²) in [4.78, 5) is 13.6. The van der Waals surface area contributed by atoms with Gasteiger partial charge in [-0.1, -0.05) is 22.0 Å². The fraction of sp³-hybridized carbons (Fsp3) is 0.533. The fourth-order valence-electron chi connectivity index (χ4n) is 2.76. The van der Waals surface area contributed by atoms with E-state index in [0.717, 1.165) is 30.4 Å². The van der Waals surface area contributed by atoms with Crippen LogP contribution in [0.3, 0.4) is 0 Å². The number of carbonyl (C=O) groups excluding carboxylic acids is 1. The Hall–Kier alpha value is -1.07. The van der Waals surface area contributed by atoms with Crippen LogP contribution >= 0.6 is 15.9 Å². The van der Waals surface area contributed by atoms with Gasteiger partial charge in [-0.05, 0) is 37.0 Å². The second-order valence-electron chi connectivity index (χ2n) is 5.36. The molecular formula is C15H21BrN2O2. The average molecular weight is 341 g/mol. The number of hydrogen-bond donors (Lipinski definition) is 1. The number of nitrogens with zero attached hydrogens (tertiary/aromatic N) is 1. The summed E-state index contributed by atoms with van der Waals surface area (Å²) in [6, 6.07) is 8.41. The summed E-state index contributed by atoms with van der Waals surface area (Å²) in [5.41, 5.74) is 7.34. The molecule has 0 saturated carbocycles. The molecule has 1 fully saturated rings. The van der Waals surface area contributed by atoms with Crippen LogP contribution in [0.15, 0.2) is 28.7 Å². The molecule has 2 unspecified atom stereocenters. The third kappa shape index (κ3) is 4.21. The van der Waals surface area contributed by atoms with Crippen LogP contribution in [-0.4, -0.2) is 32.2 Å². The molecule has 0 aromatic heterocycles. The van der Waals surface area contributed by atoms with Gasteiger partial charge in [0.1, 0.15) is 0 Å². The first kappa shape index (κ1) is 15.3. The molecule has 4 nitrogen and oxygen atoms in total. The number of benzene rings is 1. The summed E-state index contributed by atoms with van der Waals surface area (Å²) in [5.74, 6) is 0.301. The van der Waals surface area contributed by atoms with Crippen LogP contribution < -0.4 is 10.6 Å². The van der Waals surface area contributed by atoms with Crippen LogP contribution in [0.25, 0.3) is 0 Å². The minimum atomic E-state index is -0.141. The van der Waals surface area contributed by atoms with Gasteiger partial charge in [-0.3, -0.25) is 4.79 Å². The maximum atomic E-state index is 11.3. The number of rotatable bonds is 4. The topological polar surface area (TPSA) is 55.6 Å². The molecule has 5 heteroatoms. The summed E-state index contributed by atoms with van der Waals surface area (Å²) >= 11 is 3.50. The van der Waals surface area contributed by atoms with E-state index in [9.17, 15) is 4.79 Å². The summed E-state index contributed by atoms with van der Waals surface area (Å²) in [5, 5.41) is 0. The highest BCUT2D eigenvalue weighted by molar-refractivity contribution is 9.10. The van der Waals surface area contributed by atoms with Crippen molar-refractivity contribution < 1.29 is 9.53 Å². The van der Waals surface area contributed by atoms with Gasteiger partial charge >= 0.3 is 5.97 Å². The average Bonchev–Trinajstić information content (AvgIpc) is 2.44. The Morgan fingerprint density at radius 3 is 3.00 bits per heavy atom. The Kier molecular flexibility index (Phi) is 5.43. The number of carbonyl (C=O) groups is 1. The molecule has 1 aromatic carbocycles. The van der Waals surface area contributed by atoms with Gasteiger partial charge in [-0.25, -0.2) is 0 Å². The highest BCUT2D eigenvalue weighted by Crippen LogP contribution is 2.27. The van der Waals surface area contributed by atoms with Gasteiger partial charge in [0, 0.05) is 35.7 Å². The van der Waals surface area contributed by atoms with Crippen molar-refractivity contribution in [1.82, 2.24) is 0 Å². The summed E-state index contributed by atoms with van der Waals surface area (Å²) in [6.45, 7) is 1.81. The van der Waals surface area contributed by atoms with Crippen molar-refractivity contribution in [1.29, 1.82) is 0 Å². The molecule has 20 heavy (non-hydrogen) atoms. The van der Waals surface area contributed by atoms with Gasteiger partial charge in [-0.15, -0.1) is 0 Å². The van der Waals surface area contributed by atoms with Crippen molar-refractivity contribution in [2.75, 3.05) is 25.1 Å². The van der Waals surface area contributed by atoms with Gasteiger partial charge in [0.15, 0.2) is 0 Å². The van der Waals surface area contributed by atoms with Crippen molar-refractivity contribution in [3.05, 3.63) is 28.7 Å². The molecule has 1 heterocycles. The predicted octanol–water partition coefficient (Wildman–Crippen LogP) is 2.56. The molecule has 2 atom stereocenters. The lowest BCUT2D eigenvalue weighted by Crippen LogP contribution is -2.47. The lowest BCUT2D eigenvalue weighted by atomic mass is 9.90. The van der Waals surface area contributed by atoms with Gasteiger partial charge in [-0.2, -0.15) is 0 Å². The van der Waals surface area contributed by atoms with Crippen LogP contribution in [0.5, 0.6) is 0 Å². The van der Waals surface area contributed by atoms with E-state index in [1.54, 1.807) is 0 Å². The number of methoxy groups -OCH3 is 1. The van der Waals surface area contributed by atoms with E-state index in [-0.39, 0.29) is 12.0 Å². The zero-order valence-corrected chi connectivity index (χ0v) is 13.3. The second-order valence-corrected chi connectivity index (χ2v) is 6.28. The first-order valence-electron chi connectivity index (χ1n) is 6.91. The largest absolute Gasteiger partial charge is 0.469 e. The molecule has 0 radical (unpaired) electrons. The molecule has 1 aliphatic rings. The molecular weight excluding hydrogens is 320 g/mol. The number of hydrogen-bond acceptors (Lipinski definition) is 4. The Bertz CT molecular complexity index is 467. The summed E-state index contributed by atoms with van der Waals surface area (Å²) in [7, 11) is 1.43. The first-order valence-corrected chi connectivity index (χ1v) is 7.70. The van der Waals surface area contributed by atoms with Crippen molar-refractivity contribution >= 4 is 27.6 Å². The molecule has 1 aliphatic heterocycles. The van der Waals surface area contributed by atoms with E-state index in [2.05, 4.69) is 33.0 Å². The molecule has 1 aromatic rings. The Morgan fingerprint density at radius 2 is 2.30 bits per heavy atom. The zero-order chi connectivity index (χ0) is 14.5. The van der Waals surface area contributed by atoms with Crippen LogP contribution in [0.2, 0.25) is 0 Å². The maximum Gasteiger partial charge on any atom is 0.305 e. The third-order valence-electron chi connectivity index (χ3n) is 3.73. The number of anilines is 1. The molecule has 2 rings (SSSR count). The molecule has 0 aliphatic carbocycles. The number of ether oxygens (including phenoxy) is 1. The highest BCUT2D eigenvalue weighted by atomic mass is 79.9. The molecule has 1 saturated heterocycles. The normalized spacial score (nSPS) is 22.6. The summed E-state index contributed by atoms with van der Waals surface area (Å²) in [6.07, 6.45) is 2.28. The summed E-state index contributed by atoms with van der Waals surface area (Å²) < 4.78 is 5.78. The van der Waals surface area contributed by atoms with Gasteiger partial charge in [0.25, 0.3) is 0 Å². The van der Waals surface area contributed by atoms with E-state index in [0.29, 0.717) is 12.3 Å². The second kappa shape index (κ2) is 7.09. The standard InChI is InChI=1S/C15H21BrN2O2/c1-20-15(19)6-5-11-7-13(17)10-18(9-11)14-4-2-3-12(16)8-14/h2-4,8,11,13H,5-7,9-10,17H2,1H3. The van der Waals surface area contributed by atoms with E-state index in [1.165, 1.54) is 12.8 Å². The van der Waals surface area contributed by atoms with Crippen LogP contribution in [0.1, 0.15) is 19.3 Å². The minimum absolute atomic E-state index is 0.141. The number of piperidine rings is 1. The van der Waals surface area contributed by atoms with Gasteiger partial charge < -0.3 is 15.4 Å². The Labute approximate surface area is 128 Å². The smallest absolute Gasteiger partial charge is 0.305 e. The number of esters is 1. The SMILES string of the molecule is COC(=O)CCC1CC(N)CN(c2cccc(Br)c2)C1. The number of halogens is 1. The minimum Gasteiger partial charge on any atom is -0.469 e. The van der Waals surface area contributed by atoms with Gasteiger partial charge in [0.05, 0.1) is 7.11 Å². The quantitative estimate of drug-likeness (QED) is 0.856. The fourth-order valence-corrected chi connectivity index (χ4v) is 3.15. The Balaban J connectivity index is 1.99. The monoisotopic (exact) mass is 340 g/mol. The van der Waals surface area contributed by atoms with E-state index >= 15 is 0 Å².